The van der Waals surface area contributed by atoms with Crippen molar-refractivity contribution >= 4 is 23.2 Å². The molecule has 0 aliphatic rings. The van der Waals surface area contributed by atoms with Gasteiger partial charge in [0.2, 0.25) is 0 Å². The molecule has 9 heteroatoms. The van der Waals surface area contributed by atoms with Crippen molar-refractivity contribution in [2.45, 2.75) is 40.9 Å². The van der Waals surface area contributed by atoms with Crippen molar-refractivity contribution in [3.05, 3.63) is 81.7 Å². The SMILES string of the molecule is Cc1cc(C)n(Cn2ccc(C(=O)Nc3c(C)nn(Cc4cccc(Cl)c4)c3C)n2)n1. The van der Waals surface area contributed by atoms with Gasteiger partial charge in [-0.2, -0.15) is 15.3 Å². The standard InChI is InChI=1S/C22H24ClN7O/c1-14-10-15(2)30(25-14)13-28-9-8-20(27-28)22(31)24-21-16(3)26-29(17(21)4)12-18-6-5-7-19(23)11-18/h5-11H,12-13H2,1-4H3,(H,24,31). The summed E-state index contributed by atoms with van der Waals surface area (Å²) in [6.45, 7) is 8.76. The second-order valence-electron chi connectivity index (χ2n) is 7.60. The zero-order valence-corrected chi connectivity index (χ0v) is 18.7. The normalized spacial score (nSPS) is 11.1. The van der Waals surface area contributed by atoms with Gasteiger partial charge >= 0.3 is 0 Å². The summed E-state index contributed by atoms with van der Waals surface area (Å²) in [7, 11) is 0. The number of anilines is 1. The number of hydrogen-bond donors (Lipinski definition) is 1. The number of amides is 1. The van der Waals surface area contributed by atoms with Gasteiger partial charge in [-0.05, 0) is 57.5 Å². The van der Waals surface area contributed by atoms with E-state index in [0.29, 0.717) is 29.6 Å². The van der Waals surface area contributed by atoms with Gasteiger partial charge in [0.1, 0.15) is 6.67 Å². The lowest BCUT2D eigenvalue weighted by atomic mass is 10.2. The summed E-state index contributed by atoms with van der Waals surface area (Å²) in [5.41, 5.74) is 5.67. The fourth-order valence-corrected chi connectivity index (χ4v) is 3.75. The van der Waals surface area contributed by atoms with Crippen molar-refractivity contribution in [2.75, 3.05) is 5.32 Å². The van der Waals surface area contributed by atoms with Gasteiger partial charge in [0.05, 0.1) is 29.3 Å². The number of rotatable bonds is 6. The lowest BCUT2D eigenvalue weighted by Gasteiger charge is -2.07. The second kappa shape index (κ2) is 8.39. The van der Waals surface area contributed by atoms with Crippen LogP contribution in [0.5, 0.6) is 0 Å². The average Bonchev–Trinajstić information content (AvgIpc) is 3.37. The second-order valence-corrected chi connectivity index (χ2v) is 8.03. The van der Waals surface area contributed by atoms with Crippen molar-refractivity contribution in [2.24, 2.45) is 0 Å². The summed E-state index contributed by atoms with van der Waals surface area (Å²) >= 11 is 6.09. The Hall–Kier alpha value is -3.39. The summed E-state index contributed by atoms with van der Waals surface area (Å²) in [6.07, 6.45) is 1.77. The molecule has 1 aromatic carbocycles. The van der Waals surface area contributed by atoms with Gasteiger partial charge in [0.15, 0.2) is 5.69 Å². The number of nitrogens with zero attached hydrogens (tertiary/aromatic N) is 6. The predicted octanol–water partition coefficient (Wildman–Crippen LogP) is 3.97. The van der Waals surface area contributed by atoms with E-state index in [1.807, 2.05) is 67.4 Å². The van der Waals surface area contributed by atoms with Crippen LogP contribution < -0.4 is 5.32 Å². The number of aromatic nitrogens is 6. The van der Waals surface area contributed by atoms with E-state index in [2.05, 4.69) is 20.6 Å². The first-order chi connectivity index (χ1) is 14.8. The largest absolute Gasteiger partial charge is 0.317 e. The molecule has 8 nitrogen and oxygen atoms in total. The Bertz CT molecular complexity index is 1250. The topological polar surface area (TPSA) is 82.6 Å². The molecule has 0 fully saturated rings. The molecule has 3 aromatic heterocycles. The van der Waals surface area contributed by atoms with Gasteiger partial charge < -0.3 is 5.32 Å². The van der Waals surface area contributed by atoms with Crippen LogP contribution >= 0.6 is 11.6 Å². The minimum Gasteiger partial charge on any atom is -0.317 e. The first-order valence-corrected chi connectivity index (χ1v) is 10.3. The van der Waals surface area contributed by atoms with Crippen molar-refractivity contribution in [3.63, 3.8) is 0 Å². The van der Waals surface area contributed by atoms with E-state index >= 15 is 0 Å². The highest BCUT2D eigenvalue weighted by molar-refractivity contribution is 6.30. The Morgan fingerprint density at radius 2 is 1.84 bits per heavy atom. The lowest BCUT2D eigenvalue weighted by Crippen LogP contribution is -2.16. The van der Waals surface area contributed by atoms with Gasteiger partial charge in [-0.25, -0.2) is 4.68 Å². The summed E-state index contributed by atoms with van der Waals surface area (Å²) in [4.78, 5) is 12.8. The van der Waals surface area contributed by atoms with Crippen LogP contribution in [0.1, 0.15) is 38.8 Å². The van der Waals surface area contributed by atoms with Crippen LogP contribution in [0.15, 0.2) is 42.6 Å². The van der Waals surface area contributed by atoms with Crippen LogP contribution in [0.4, 0.5) is 5.69 Å². The van der Waals surface area contributed by atoms with Crippen molar-refractivity contribution < 1.29 is 4.79 Å². The third kappa shape index (κ3) is 4.54. The fraction of sp³-hybridized carbons (Fsp3) is 0.273. The highest BCUT2D eigenvalue weighted by Crippen LogP contribution is 2.22. The Morgan fingerprint density at radius 1 is 1.03 bits per heavy atom. The molecule has 0 saturated carbocycles. The molecule has 0 radical (unpaired) electrons. The molecule has 0 spiro atoms. The molecule has 0 unspecified atom stereocenters. The number of carbonyl (C=O) groups is 1. The van der Waals surface area contributed by atoms with Gasteiger partial charge in [0, 0.05) is 16.9 Å². The minimum absolute atomic E-state index is 0.277. The molecule has 160 valence electrons. The number of carbonyl (C=O) groups excluding carboxylic acids is 1. The molecule has 31 heavy (non-hydrogen) atoms. The fourth-order valence-electron chi connectivity index (χ4n) is 3.53. The van der Waals surface area contributed by atoms with E-state index in [0.717, 1.165) is 28.3 Å². The van der Waals surface area contributed by atoms with Crippen molar-refractivity contribution in [1.82, 2.24) is 29.3 Å². The van der Waals surface area contributed by atoms with E-state index in [1.165, 1.54) is 0 Å². The molecule has 0 bridgehead atoms. The number of hydrogen-bond acceptors (Lipinski definition) is 4. The van der Waals surface area contributed by atoms with Crippen molar-refractivity contribution in [3.8, 4) is 0 Å². The van der Waals surface area contributed by atoms with Gasteiger partial charge in [-0.15, -0.1) is 0 Å². The minimum atomic E-state index is -0.277. The molecule has 1 amide bonds. The summed E-state index contributed by atoms with van der Waals surface area (Å²) in [5, 5.41) is 17.0. The predicted molar refractivity (Wildman–Crippen MR) is 120 cm³/mol. The van der Waals surface area contributed by atoms with E-state index in [-0.39, 0.29) is 5.91 Å². The number of nitrogens with one attached hydrogen (secondary N) is 1. The average molecular weight is 438 g/mol. The zero-order chi connectivity index (χ0) is 22.1. The smallest absolute Gasteiger partial charge is 0.276 e. The molecule has 0 aliphatic heterocycles. The van der Waals surface area contributed by atoms with Crippen LogP contribution in [-0.2, 0) is 13.2 Å². The van der Waals surface area contributed by atoms with Crippen LogP contribution in [0.3, 0.4) is 0 Å². The first kappa shape index (κ1) is 20.9. The lowest BCUT2D eigenvalue weighted by molar-refractivity contribution is 0.102. The monoisotopic (exact) mass is 437 g/mol. The first-order valence-electron chi connectivity index (χ1n) is 9.94. The third-order valence-corrected chi connectivity index (χ3v) is 5.33. The van der Waals surface area contributed by atoms with E-state index in [9.17, 15) is 4.79 Å². The Labute approximate surface area is 185 Å². The number of aryl methyl sites for hydroxylation is 3. The van der Waals surface area contributed by atoms with Gasteiger partial charge in [-0.1, -0.05) is 23.7 Å². The van der Waals surface area contributed by atoms with E-state index < -0.39 is 0 Å². The Kier molecular flexibility index (Phi) is 5.65. The van der Waals surface area contributed by atoms with Gasteiger partial charge in [-0.3, -0.25) is 14.2 Å². The summed E-state index contributed by atoms with van der Waals surface area (Å²) in [5.74, 6) is -0.277. The molecular weight excluding hydrogens is 414 g/mol. The number of benzene rings is 1. The Morgan fingerprint density at radius 3 is 2.55 bits per heavy atom. The molecule has 4 aromatic rings. The molecule has 4 rings (SSSR count). The summed E-state index contributed by atoms with van der Waals surface area (Å²) in [6, 6.07) is 11.4. The zero-order valence-electron chi connectivity index (χ0n) is 17.9. The molecule has 3 heterocycles. The van der Waals surface area contributed by atoms with E-state index in [1.54, 1.807) is 16.9 Å². The maximum Gasteiger partial charge on any atom is 0.276 e. The molecule has 0 saturated heterocycles. The summed E-state index contributed by atoms with van der Waals surface area (Å²) < 4.78 is 5.40. The highest BCUT2D eigenvalue weighted by Gasteiger charge is 2.17. The quantitative estimate of drug-likeness (QED) is 0.494. The molecular formula is C22H24ClN7O. The van der Waals surface area contributed by atoms with Crippen molar-refractivity contribution in [1.29, 1.82) is 0 Å². The van der Waals surface area contributed by atoms with Crippen LogP contribution in [0, 0.1) is 27.7 Å². The molecule has 0 aliphatic carbocycles. The Balaban J connectivity index is 1.48. The number of halogens is 1. The molecule has 1 N–H and O–H groups in total. The van der Waals surface area contributed by atoms with Crippen LogP contribution in [-0.4, -0.2) is 35.2 Å². The van der Waals surface area contributed by atoms with E-state index in [4.69, 9.17) is 11.6 Å². The maximum absolute atomic E-state index is 12.8. The highest BCUT2D eigenvalue weighted by atomic mass is 35.5. The maximum atomic E-state index is 12.8. The molecule has 0 atom stereocenters. The third-order valence-electron chi connectivity index (χ3n) is 5.10. The van der Waals surface area contributed by atoms with Crippen LogP contribution in [0.25, 0.3) is 0 Å². The van der Waals surface area contributed by atoms with Gasteiger partial charge in [0.25, 0.3) is 5.91 Å². The van der Waals surface area contributed by atoms with Crippen LogP contribution in [0.2, 0.25) is 5.02 Å².